The molecule has 29 heavy (non-hydrogen) atoms. The minimum Gasteiger partial charge on any atom is -0.463 e. The molecule has 0 radical (unpaired) electrons. The van der Waals surface area contributed by atoms with E-state index in [-0.39, 0.29) is 24.5 Å². The van der Waals surface area contributed by atoms with E-state index in [9.17, 15) is 9.59 Å². The minimum atomic E-state index is -0.268. The van der Waals surface area contributed by atoms with Gasteiger partial charge >= 0.3 is 5.97 Å². The molecule has 5 nitrogen and oxygen atoms in total. The number of carbonyl (C=O) groups is 2. The number of amides is 1. The summed E-state index contributed by atoms with van der Waals surface area (Å²) in [6.45, 7) is 4.97. The van der Waals surface area contributed by atoms with Crippen molar-refractivity contribution in [3.63, 3.8) is 0 Å². The maximum absolute atomic E-state index is 12.1. The van der Waals surface area contributed by atoms with Crippen molar-refractivity contribution in [2.45, 2.75) is 123 Å². The maximum atomic E-state index is 12.1. The molecule has 0 aliphatic heterocycles. The van der Waals surface area contributed by atoms with Gasteiger partial charge in [0.25, 0.3) is 0 Å². The molecule has 0 heterocycles. The Morgan fingerprint density at radius 2 is 1.17 bits per heavy atom. The van der Waals surface area contributed by atoms with Crippen LogP contribution in [0, 0.1) is 0 Å². The smallest absolute Gasteiger partial charge is 0.305 e. The van der Waals surface area contributed by atoms with Gasteiger partial charge in [0.15, 0.2) is 0 Å². The maximum Gasteiger partial charge on any atom is 0.305 e. The first-order valence-electron chi connectivity index (χ1n) is 12.1. The Labute approximate surface area is 179 Å². The zero-order valence-electron chi connectivity index (χ0n) is 19.4. The molecule has 0 bridgehead atoms. The lowest BCUT2D eigenvalue weighted by Crippen LogP contribution is -2.41. The van der Waals surface area contributed by atoms with E-state index in [0.29, 0.717) is 19.4 Å². The summed E-state index contributed by atoms with van der Waals surface area (Å²) in [5.74, 6) is -0.162. The summed E-state index contributed by atoms with van der Waals surface area (Å²) in [6.07, 6.45) is 17.6. The summed E-state index contributed by atoms with van der Waals surface area (Å²) in [4.78, 5) is 24.0. The molecule has 0 aromatic heterocycles. The molecular weight excluding hydrogens is 366 g/mol. The van der Waals surface area contributed by atoms with Crippen molar-refractivity contribution in [1.29, 1.82) is 0 Å². The lowest BCUT2D eigenvalue weighted by Gasteiger charge is -2.18. The van der Waals surface area contributed by atoms with E-state index in [2.05, 4.69) is 19.2 Å². The summed E-state index contributed by atoms with van der Waals surface area (Å²) in [7, 11) is 1.59. The molecule has 5 heteroatoms. The average molecular weight is 414 g/mol. The van der Waals surface area contributed by atoms with Crippen molar-refractivity contribution in [2.75, 3.05) is 20.3 Å². The zero-order valence-corrected chi connectivity index (χ0v) is 19.4. The number of carbonyl (C=O) groups excluding carboxylic acids is 2. The molecule has 0 rings (SSSR count). The average Bonchev–Trinajstić information content (AvgIpc) is 2.71. The Kier molecular flexibility index (Phi) is 20.8. The Hall–Kier alpha value is -1.10. The van der Waals surface area contributed by atoms with Crippen molar-refractivity contribution < 1.29 is 19.1 Å². The van der Waals surface area contributed by atoms with E-state index in [0.717, 1.165) is 25.7 Å². The van der Waals surface area contributed by atoms with Crippen molar-refractivity contribution in [2.24, 2.45) is 0 Å². The number of hydrogen-bond acceptors (Lipinski definition) is 4. The summed E-state index contributed by atoms with van der Waals surface area (Å²) < 4.78 is 10.5. The third kappa shape index (κ3) is 20.0. The summed E-state index contributed by atoms with van der Waals surface area (Å²) in [5.41, 5.74) is 0. The first kappa shape index (κ1) is 27.9. The van der Waals surface area contributed by atoms with Crippen LogP contribution in [0.15, 0.2) is 0 Å². The Morgan fingerprint density at radius 1 is 0.690 bits per heavy atom. The number of esters is 1. The highest BCUT2D eigenvalue weighted by atomic mass is 16.5. The third-order valence-electron chi connectivity index (χ3n) is 5.17. The highest BCUT2D eigenvalue weighted by Crippen LogP contribution is 2.10. The fourth-order valence-corrected chi connectivity index (χ4v) is 3.37. The van der Waals surface area contributed by atoms with Crippen molar-refractivity contribution >= 4 is 11.9 Å². The molecule has 0 aliphatic rings. The molecule has 0 unspecified atom stereocenters. The normalized spacial score (nSPS) is 12.0. The van der Waals surface area contributed by atoms with Gasteiger partial charge in [0.1, 0.15) is 6.61 Å². The van der Waals surface area contributed by atoms with E-state index in [4.69, 9.17) is 9.47 Å². The number of methoxy groups -OCH3 is 1. The number of unbranched alkanes of at least 4 members (excludes halogenated alkanes) is 12. The van der Waals surface area contributed by atoms with Gasteiger partial charge < -0.3 is 14.8 Å². The third-order valence-corrected chi connectivity index (χ3v) is 5.17. The second-order valence-corrected chi connectivity index (χ2v) is 8.15. The second kappa shape index (κ2) is 21.6. The van der Waals surface area contributed by atoms with E-state index in [1.54, 1.807) is 7.11 Å². The van der Waals surface area contributed by atoms with Gasteiger partial charge in [0.2, 0.25) is 5.91 Å². The monoisotopic (exact) mass is 413 g/mol. The fourth-order valence-electron chi connectivity index (χ4n) is 3.37. The molecule has 0 spiro atoms. The Morgan fingerprint density at radius 3 is 1.69 bits per heavy atom. The molecular formula is C24H47NO4. The molecule has 172 valence electrons. The molecule has 1 atom stereocenters. The predicted molar refractivity (Wildman–Crippen MR) is 120 cm³/mol. The summed E-state index contributed by atoms with van der Waals surface area (Å²) in [6, 6.07) is -0.268. The second-order valence-electron chi connectivity index (χ2n) is 8.15. The quantitative estimate of drug-likeness (QED) is 0.187. The number of ether oxygens (including phenoxy) is 2. The molecule has 1 amide bonds. The van der Waals surface area contributed by atoms with E-state index < -0.39 is 0 Å². The summed E-state index contributed by atoms with van der Waals surface area (Å²) >= 11 is 0. The van der Waals surface area contributed by atoms with Crippen molar-refractivity contribution in [1.82, 2.24) is 5.32 Å². The van der Waals surface area contributed by atoms with Crippen LogP contribution in [-0.2, 0) is 19.1 Å². The van der Waals surface area contributed by atoms with Crippen LogP contribution in [0.25, 0.3) is 0 Å². The van der Waals surface area contributed by atoms with E-state index >= 15 is 0 Å². The van der Waals surface area contributed by atoms with Crippen LogP contribution in [0.2, 0.25) is 0 Å². The first-order valence-corrected chi connectivity index (χ1v) is 12.1. The highest BCUT2D eigenvalue weighted by Gasteiger charge is 2.14. The number of nitrogens with one attached hydrogen (secondary N) is 1. The van der Waals surface area contributed by atoms with Crippen LogP contribution in [0.1, 0.15) is 117 Å². The lowest BCUT2D eigenvalue weighted by molar-refractivity contribution is -0.145. The largest absolute Gasteiger partial charge is 0.463 e. The van der Waals surface area contributed by atoms with Gasteiger partial charge in [-0.3, -0.25) is 9.59 Å². The van der Waals surface area contributed by atoms with Crippen LogP contribution in [0.5, 0.6) is 0 Å². The van der Waals surface area contributed by atoms with Gasteiger partial charge in [0.05, 0.1) is 12.6 Å². The van der Waals surface area contributed by atoms with E-state index in [1.165, 1.54) is 64.2 Å². The molecule has 0 aromatic rings. The molecule has 0 saturated carbocycles. The fraction of sp³-hybridized carbons (Fsp3) is 0.917. The van der Waals surface area contributed by atoms with Gasteiger partial charge in [0, 0.05) is 20.0 Å². The number of rotatable bonds is 21. The highest BCUT2D eigenvalue weighted by molar-refractivity contribution is 5.76. The van der Waals surface area contributed by atoms with Gasteiger partial charge in [-0.2, -0.15) is 0 Å². The molecule has 0 aliphatic carbocycles. The summed E-state index contributed by atoms with van der Waals surface area (Å²) in [5, 5.41) is 2.94. The van der Waals surface area contributed by atoms with Gasteiger partial charge in [-0.15, -0.1) is 0 Å². The Balaban J connectivity index is 3.80. The molecule has 1 N–H and O–H groups in total. The Bertz CT molecular complexity index is 387. The molecule has 0 fully saturated rings. The molecule has 0 aromatic carbocycles. The SMILES string of the molecule is CCCCCCCCCC(=O)N[C@H](COC)COC(=O)CCCCCCCCC. The van der Waals surface area contributed by atoms with Crippen molar-refractivity contribution in [3.05, 3.63) is 0 Å². The number of hydrogen-bond donors (Lipinski definition) is 1. The zero-order chi connectivity index (χ0) is 21.6. The van der Waals surface area contributed by atoms with Crippen molar-refractivity contribution in [3.8, 4) is 0 Å². The minimum absolute atomic E-state index is 0.0173. The van der Waals surface area contributed by atoms with Gasteiger partial charge in [-0.1, -0.05) is 90.9 Å². The molecule has 0 saturated heterocycles. The van der Waals surface area contributed by atoms with Crippen LogP contribution in [0.3, 0.4) is 0 Å². The van der Waals surface area contributed by atoms with E-state index in [1.807, 2.05) is 0 Å². The van der Waals surface area contributed by atoms with Gasteiger partial charge in [-0.25, -0.2) is 0 Å². The van der Waals surface area contributed by atoms with Crippen LogP contribution in [0.4, 0.5) is 0 Å². The van der Waals surface area contributed by atoms with Crippen LogP contribution < -0.4 is 5.32 Å². The topological polar surface area (TPSA) is 64.6 Å². The van der Waals surface area contributed by atoms with Crippen LogP contribution >= 0.6 is 0 Å². The van der Waals surface area contributed by atoms with Crippen LogP contribution in [-0.4, -0.2) is 38.2 Å². The lowest BCUT2D eigenvalue weighted by atomic mass is 10.1. The van der Waals surface area contributed by atoms with Gasteiger partial charge in [-0.05, 0) is 12.8 Å². The first-order chi connectivity index (χ1) is 14.1. The standard InChI is InChI=1S/C24H47NO4/c1-4-6-8-10-12-14-16-18-23(26)25-22(20-28-3)21-29-24(27)19-17-15-13-11-9-7-5-2/h22H,4-21H2,1-3H3,(H,25,26)/t22-/m1/s1. The predicted octanol–water partition coefficient (Wildman–Crippen LogP) is 5.94.